The second kappa shape index (κ2) is 8.55. The Kier molecular flexibility index (Phi) is 6.44. The van der Waals surface area contributed by atoms with Crippen molar-refractivity contribution in [3.05, 3.63) is 29.8 Å². The third-order valence-electron chi connectivity index (χ3n) is 4.39. The van der Waals surface area contributed by atoms with Crippen molar-refractivity contribution >= 4 is 17.9 Å². The van der Waals surface area contributed by atoms with Crippen molar-refractivity contribution in [1.29, 1.82) is 0 Å². The first-order chi connectivity index (χ1) is 11.9. The van der Waals surface area contributed by atoms with Gasteiger partial charge in [-0.15, -0.1) is 0 Å². The van der Waals surface area contributed by atoms with Crippen LogP contribution >= 0.6 is 0 Å². The predicted molar refractivity (Wildman–Crippen MR) is 96.6 cm³/mol. The maximum Gasteiger partial charge on any atom is 0.246 e. The van der Waals surface area contributed by atoms with Gasteiger partial charge in [-0.05, 0) is 36.6 Å². The van der Waals surface area contributed by atoms with Gasteiger partial charge in [0.2, 0.25) is 11.8 Å². The monoisotopic (exact) mass is 346 g/mol. The van der Waals surface area contributed by atoms with E-state index >= 15 is 0 Å². The van der Waals surface area contributed by atoms with Crippen LogP contribution in [0.15, 0.2) is 24.3 Å². The molecule has 1 aromatic carbocycles. The summed E-state index contributed by atoms with van der Waals surface area (Å²) in [6.45, 7) is 1.21. The Bertz CT molecular complexity index is 625. The van der Waals surface area contributed by atoms with Gasteiger partial charge in [-0.1, -0.05) is 0 Å². The summed E-state index contributed by atoms with van der Waals surface area (Å²) in [4.78, 5) is 27.8. The Labute approximate surface area is 149 Å². The van der Waals surface area contributed by atoms with Gasteiger partial charge in [0.1, 0.15) is 11.5 Å². The molecule has 0 N–H and O–H groups in total. The van der Waals surface area contributed by atoms with Crippen LogP contribution in [0.1, 0.15) is 18.4 Å². The number of carbonyl (C=O) groups is 2. The van der Waals surface area contributed by atoms with Crippen molar-refractivity contribution in [3.8, 4) is 11.5 Å². The van der Waals surface area contributed by atoms with Gasteiger partial charge in [0, 0.05) is 45.2 Å². The molecule has 2 rings (SSSR count). The lowest BCUT2D eigenvalue weighted by atomic mass is 9.95. The molecule has 25 heavy (non-hydrogen) atoms. The zero-order valence-electron chi connectivity index (χ0n) is 15.3. The zero-order valence-corrected chi connectivity index (χ0v) is 15.3. The number of carbonyl (C=O) groups excluding carboxylic acids is 2. The van der Waals surface area contributed by atoms with Crippen LogP contribution in [0, 0.1) is 5.92 Å². The van der Waals surface area contributed by atoms with Gasteiger partial charge in [0.05, 0.1) is 14.2 Å². The highest BCUT2D eigenvalue weighted by Gasteiger charge is 2.27. The molecule has 0 atom stereocenters. The molecule has 6 heteroatoms. The van der Waals surface area contributed by atoms with Crippen LogP contribution in [0.2, 0.25) is 0 Å². The van der Waals surface area contributed by atoms with Gasteiger partial charge in [0.15, 0.2) is 0 Å². The maximum absolute atomic E-state index is 12.4. The van der Waals surface area contributed by atoms with Gasteiger partial charge in [-0.3, -0.25) is 9.59 Å². The molecule has 1 heterocycles. The molecule has 0 radical (unpaired) electrons. The molecule has 0 bridgehead atoms. The van der Waals surface area contributed by atoms with Crippen LogP contribution < -0.4 is 9.47 Å². The van der Waals surface area contributed by atoms with E-state index in [1.54, 1.807) is 56.3 Å². The summed E-state index contributed by atoms with van der Waals surface area (Å²) in [7, 11) is 6.72. The first-order valence-corrected chi connectivity index (χ1v) is 8.35. The number of methoxy groups -OCH3 is 2. The number of piperidine rings is 1. The fraction of sp³-hybridized carbons (Fsp3) is 0.474. The third-order valence-corrected chi connectivity index (χ3v) is 4.39. The van der Waals surface area contributed by atoms with Crippen LogP contribution in [0.5, 0.6) is 11.5 Å². The number of hydrogen-bond acceptors (Lipinski definition) is 4. The fourth-order valence-electron chi connectivity index (χ4n) is 2.91. The summed E-state index contributed by atoms with van der Waals surface area (Å²) in [6, 6.07) is 5.47. The Hall–Kier alpha value is -2.50. The van der Waals surface area contributed by atoms with Crippen molar-refractivity contribution in [2.24, 2.45) is 5.92 Å². The number of benzene rings is 1. The van der Waals surface area contributed by atoms with Gasteiger partial charge < -0.3 is 19.3 Å². The molecule has 1 aromatic rings. The Morgan fingerprint density at radius 2 is 1.64 bits per heavy atom. The van der Waals surface area contributed by atoms with E-state index in [0.717, 1.165) is 5.56 Å². The van der Waals surface area contributed by atoms with E-state index in [1.165, 1.54) is 0 Å². The Morgan fingerprint density at radius 3 is 2.12 bits per heavy atom. The largest absolute Gasteiger partial charge is 0.497 e. The SMILES string of the molecule is COc1cc(/C=C/C(=O)N2CCC(C(=O)N(C)C)CC2)cc(OC)c1. The van der Waals surface area contributed by atoms with Crippen LogP contribution in [-0.4, -0.2) is 63.0 Å². The first-order valence-electron chi connectivity index (χ1n) is 8.35. The molecular formula is C19H26N2O4. The lowest BCUT2D eigenvalue weighted by molar-refractivity contribution is -0.137. The minimum atomic E-state index is -0.0439. The highest BCUT2D eigenvalue weighted by atomic mass is 16.5. The number of likely N-dealkylation sites (tertiary alicyclic amines) is 1. The molecule has 1 aliphatic rings. The average molecular weight is 346 g/mol. The summed E-state index contributed by atoms with van der Waals surface area (Å²) < 4.78 is 10.5. The Morgan fingerprint density at radius 1 is 1.08 bits per heavy atom. The van der Waals surface area contributed by atoms with Crippen LogP contribution in [0.4, 0.5) is 0 Å². The van der Waals surface area contributed by atoms with Crippen LogP contribution in [-0.2, 0) is 9.59 Å². The lowest BCUT2D eigenvalue weighted by Crippen LogP contribution is -2.42. The van der Waals surface area contributed by atoms with E-state index in [0.29, 0.717) is 37.4 Å². The van der Waals surface area contributed by atoms with E-state index in [1.807, 2.05) is 12.1 Å². The Balaban J connectivity index is 1.96. The lowest BCUT2D eigenvalue weighted by Gasteiger charge is -2.31. The molecule has 0 saturated carbocycles. The number of hydrogen-bond donors (Lipinski definition) is 0. The van der Waals surface area contributed by atoms with Crippen molar-refractivity contribution in [2.75, 3.05) is 41.4 Å². The normalized spacial score (nSPS) is 15.3. The first kappa shape index (κ1) is 18.8. The molecule has 0 spiro atoms. The molecule has 1 saturated heterocycles. The number of amides is 2. The molecule has 136 valence electrons. The summed E-state index contributed by atoms with van der Waals surface area (Å²) >= 11 is 0. The highest BCUT2D eigenvalue weighted by Crippen LogP contribution is 2.24. The quantitative estimate of drug-likeness (QED) is 0.766. The second-order valence-corrected chi connectivity index (χ2v) is 6.31. The van der Waals surface area contributed by atoms with E-state index < -0.39 is 0 Å². The predicted octanol–water partition coefficient (Wildman–Crippen LogP) is 2.04. The maximum atomic E-state index is 12.4. The van der Waals surface area contributed by atoms with E-state index in [9.17, 15) is 9.59 Å². The van der Waals surface area contributed by atoms with E-state index in [4.69, 9.17) is 9.47 Å². The van der Waals surface area contributed by atoms with Crippen LogP contribution in [0.3, 0.4) is 0 Å². The molecular weight excluding hydrogens is 320 g/mol. The number of ether oxygens (including phenoxy) is 2. The fourth-order valence-corrected chi connectivity index (χ4v) is 2.91. The molecule has 1 fully saturated rings. The van der Waals surface area contributed by atoms with Gasteiger partial charge in [0.25, 0.3) is 0 Å². The van der Waals surface area contributed by atoms with Crippen molar-refractivity contribution in [1.82, 2.24) is 9.80 Å². The second-order valence-electron chi connectivity index (χ2n) is 6.31. The molecule has 2 amide bonds. The molecule has 6 nitrogen and oxygen atoms in total. The van der Waals surface area contributed by atoms with Crippen molar-refractivity contribution in [3.63, 3.8) is 0 Å². The average Bonchev–Trinajstić information content (AvgIpc) is 2.65. The number of rotatable bonds is 5. The van der Waals surface area contributed by atoms with Crippen LogP contribution in [0.25, 0.3) is 6.08 Å². The number of nitrogens with zero attached hydrogens (tertiary/aromatic N) is 2. The van der Waals surface area contributed by atoms with E-state index in [2.05, 4.69) is 0 Å². The minimum absolute atomic E-state index is 0.0191. The third kappa shape index (κ3) is 4.98. The van der Waals surface area contributed by atoms with Gasteiger partial charge in [-0.2, -0.15) is 0 Å². The smallest absolute Gasteiger partial charge is 0.246 e. The summed E-state index contributed by atoms with van der Waals surface area (Å²) in [5, 5.41) is 0. The summed E-state index contributed by atoms with van der Waals surface area (Å²) in [5.41, 5.74) is 0.835. The summed E-state index contributed by atoms with van der Waals surface area (Å²) in [6.07, 6.45) is 4.74. The zero-order chi connectivity index (χ0) is 18.4. The van der Waals surface area contributed by atoms with E-state index in [-0.39, 0.29) is 17.7 Å². The van der Waals surface area contributed by atoms with Crippen molar-refractivity contribution < 1.29 is 19.1 Å². The molecule has 0 unspecified atom stereocenters. The highest BCUT2D eigenvalue weighted by molar-refractivity contribution is 5.92. The van der Waals surface area contributed by atoms with Gasteiger partial charge >= 0.3 is 0 Å². The molecule has 0 aromatic heterocycles. The van der Waals surface area contributed by atoms with Crippen molar-refractivity contribution in [2.45, 2.75) is 12.8 Å². The standard InChI is InChI=1S/C19H26N2O4/c1-20(2)19(23)15-7-9-21(10-8-15)18(22)6-5-14-11-16(24-3)13-17(12-14)25-4/h5-6,11-13,15H,7-10H2,1-4H3/b6-5+. The summed E-state index contributed by atoms with van der Waals surface area (Å²) in [5.74, 6) is 1.47. The van der Waals surface area contributed by atoms with Gasteiger partial charge in [-0.25, -0.2) is 0 Å². The molecule has 0 aliphatic carbocycles. The minimum Gasteiger partial charge on any atom is -0.497 e. The topological polar surface area (TPSA) is 59.1 Å². The molecule has 1 aliphatic heterocycles.